The van der Waals surface area contributed by atoms with Crippen molar-refractivity contribution in [2.45, 2.75) is 0 Å². The van der Waals surface area contributed by atoms with E-state index < -0.39 is 12.4 Å². The zero-order valence-corrected chi connectivity index (χ0v) is 7.12. The SMILES string of the molecule is F[B-](F)(F)c1cncc2ccccc12. The van der Waals surface area contributed by atoms with Crippen LogP contribution in [0, 0.1) is 0 Å². The van der Waals surface area contributed by atoms with Gasteiger partial charge < -0.3 is 12.9 Å². The molecule has 72 valence electrons. The predicted molar refractivity (Wildman–Crippen MR) is 50.5 cm³/mol. The van der Waals surface area contributed by atoms with Crippen LogP contribution in [0.15, 0.2) is 36.7 Å². The minimum atomic E-state index is -4.98. The Kier molecular flexibility index (Phi) is 1.95. The van der Waals surface area contributed by atoms with Crippen molar-refractivity contribution in [1.29, 1.82) is 0 Å². The lowest BCUT2D eigenvalue weighted by Crippen LogP contribution is -2.34. The minimum absolute atomic E-state index is 0.218. The van der Waals surface area contributed by atoms with Gasteiger partial charge in [-0.2, -0.15) is 0 Å². The average Bonchev–Trinajstić information content (AvgIpc) is 2.15. The van der Waals surface area contributed by atoms with Gasteiger partial charge in [0.15, 0.2) is 0 Å². The first-order chi connectivity index (χ1) is 6.59. The summed E-state index contributed by atoms with van der Waals surface area (Å²) in [5.41, 5.74) is -0.622. The Labute approximate surface area is 78.6 Å². The summed E-state index contributed by atoms with van der Waals surface area (Å²) in [5.74, 6) is 0. The zero-order valence-electron chi connectivity index (χ0n) is 7.12. The number of nitrogens with zero attached hydrogens (tertiary/aromatic N) is 1. The van der Waals surface area contributed by atoms with Crippen molar-refractivity contribution in [3.8, 4) is 0 Å². The molecular weight excluding hydrogens is 190 g/mol. The number of aromatic nitrogens is 1. The van der Waals surface area contributed by atoms with Crippen LogP contribution in [-0.4, -0.2) is 12.0 Å². The fraction of sp³-hybridized carbons (Fsp3) is 0. The van der Waals surface area contributed by atoms with Crippen LogP contribution in [0.1, 0.15) is 0 Å². The molecule has 0 saturated heterocycles. The van der Waals surface area contributed by atoms with Crippen molar-refractivity contribution in [1.82, 2.24) is 4.98 Å². The van der Waals surface area contributed by atoms with Crippen LogP contribution in [0.3, 0.4) is 0 Å². The van der Waals surface area contributed by atoms with E-state index in [1.54, 1.807) is 18.2 Å². The summed E-state index contributed by atoms with van der Waals surface area (Å²) in [4.78, 5) is 3.57. The maximum absolute atomic E-state index is 12.5. The van der Waals surface area contributed by atoms with Crippen molar-refractivity contribution in [2.75, 3.05) is 0 Å². The lowest BCUT2D eigenvalue weighted by atomic mass is 9.78. The fourth-order valence-electron chi connectivity index (χ4n) is 1.40. The zero-order chi connectivity index (χ0) is 10.2. The number of benzene rings is 1. The highest BCUT2D eigenvalue weighted by molar-refractivity contribution is 6.75. The molecule has 1 aromatic heterocycles. The third-order valence-electron chi connectivity index (χ3n) is 2.05. The molecule has 5 heteroatoms. The third-order valence-corrected chi connectivity index (χ3v) is 2.05. The molecule has 0 aliphatic rings. The molecule has 0 unspecified atom stereocenters. The molecule has 1 nitrogen and oxygen atoms in total. The highest BCUT2D eigenvalue weighted by atomic mass is 19.4. The Morgan fingerprint density at radius 2 is 1.71 bits per heavy atom. The molecule has 0 aliphatic carbocycles. The molecule has 1 aromatic carbocycles. The van der Waals surface area contributed by atoms with Gasteiger partial charge in [0.25, 0.3) is 0 Å². The Balaban J connectivity index is 2.78. The maximum Gasteiger partial charge on any atom is 0.511 e. The van der Waals surface area contributed by atoms with Crippen molar-refractivity contribution < 1.29 is 12.9 Å². The Hall–Kier alpha value is -1.52. The lowest BCUT2D eigenvalue weighted by molar-refractivity contribution is 0.501. The van der Waals surface area contributed by atoms with E-state index >= 15 is 0 Å². The summed E-state index contributed by atoms with van der Waals surface area (Å²) in [6, 6.07) is 6.36. The molecule has 0 N–H and O–H groups in total. The summed E-state index contributed by atoms with van der Waals surface area (Å²) >= 11 is 0. The third kappa shape index (κ3) is 1.45. The fourth-order valence-corrected chi connectivity index (χ4v) is 1.40. The van der Waals surface area contributed by atoms with E-state index in [9.17, 15) is 12.9 Å². The van der Waals surface area contributed by atoms with Gasteiger partial charge >= 0.3 is 6.98 Å². The summed E-state index contributed by atoms with van der Waals surface area (Å²) in [6.45, 7) is -4.98. The first-order valence-corrected chi connectivity index (χ1v) is 4.11. The predicted octanol–water partition coefficient (Wildman–Crippen LogP) is 2.29. The van der Waals surface area contributed by atoms with Gasteiger partial charge in [0.2, 0.25) is 0 Å². The van der Waals surface area contributed by atoms with E-state index in [4.69, 9.17) is 0 Å². The van der Waals surface area contributed by atoms with Crippen LogP contribution in [0.4, 0.5) is 12.9 Å². The first kappa shape index (κ1) is 9.06. The maximum atomic E-state index is 12.5. The molecule has 0 amide bonds. The quantitative estimate of drug-likeness (QED) is 0.637. The topological polar surface area (TPSA) is 12.9 Å². The highest BCUT2D eigenvalue weighted by Gasteiger charge is 2.27. The second kappa shape index (κ2) is 3.01. The smallest absolute Gasteiger partial charge is 0.445 e. The molecule has 0 atom stereocenters. The van der Waals surface area contributed by atoms with Gasteiger partial charge in [-0.05, 0) is 10.8 Å². The highest BCUT2D eigenvalue weighted by Crippen LogP contribution is 2.16. The second-order valence-electron chi connectivity index (χ2n) is 3.02. The molecule has 0 bridgehead atoms. The van der Waals surface area contributed by atoms with E-state index in [0.717, 1.165) is 6.20 Å². The first-order valence-electron chi connectivity index (χ1n) is 4.11. The van der Waals surface area contributed by atoms with Gasteiger partial charge in [-0.3, -0.25) is 4.98 Å². The average molecular weight is 196 g/mol. The van der Waals surface area contributed by atoms with Crippen molar-refractivity contribution in [3.63, 3.8) is 0 Å². The summed E-state index contributed by atoms with van der Waals surface area (Å²) in [5, 5.41) is 0.735. The van der Waals surface area contributed by atoms with E-state index in [-0.39, 0.29) is 5.39 Å². The van der Waals surface area contributed by atoms with Crippen molar-refractivity contribution in [2.24, 2.45) is 0 Å². The van der Waals surface area contributed by atoms with Gasteiger partial charge in [-0.1, -0.05) is 29.7 Å². The summed E-state index contributed by atoms with van der Waals surface area (Å²) < 4.78 is 37.6. The largest absolute Gasteiger partial charge is 0.511 e. The molecule has 2 aromatic rings. The second-order valence-corrected chi connectivity index (χ2v) is 3.02. The van der Waals surface area contributed by atoms with Crippen LogP contribution in [-0.2, 0) is 0 Å². The number of fused-ring (bicyclic) bond motifs is 1. The molecule has 0 spiro atoms. The van der Waals surface area contributed by atoms with Crippen LogP contribution in [0.25, 0.3) is 10.8 Å². The van der Waals surface area contributed by atoms with Gasteiger partial charge in [0.1, 0.15) is 0 Å². The van der Waals surface area contributed by atoms with Crippen LogP contribution < -0.4 is 5.46 Å². The monoisotopic (exact) mass is 196 g/mol. The molecular formula is C9H6BF3N-. The van der Waals surface area contributed by atoms with Crippen LogP contribution in [0.5, 0.6) is 0 Å². The minimum Gasteiger partial charge on any atom is -0.445 e. The number of pyridine rings is 1. The molecule has 0 saturated carbocycles. The number of halogens is 3. The van der Waals surface area contributed by atoms with Gasteiger partial charge in [0.05, 0.1) is 0 Å². The van der Waals surface area contributed by atoms with E-state index in [0.29, 0.717) is 5.39 Å². The van der Waals surface area contributed by atoms with Crippen LogP contribution >= 0.6 is 0 Å². The van der Waals surface area contributed by atoms with Crippen molar-refractivity contribution in [3.05, 3.63) is 36.7 Å². The summed E-state index contributed by atoms with van der Waals surface area (Å²) in [6.07, 6.45) is 2.31. The van der Waals surface area contributed by atoms with Gasteiger partial charge in [-0.25, -0.2) is 0 Å². The molecule has 2 rings (SSSR count). The van der Waals surface area contributed by atoms with E-state index in [2.05, 4.69) is 4.98 Å². The molecule has 1 heterocycles. The molecule has 14 heavy (non-hydrogen) atoms. The van der Waals surface area contributed by atoms with Gasteiger partial charge in [-0.15, -0.1) is 0 Å². The number of hydrogen-bond acceptors (Lipinski definition) is 1. The van der Waals surface area contributed by atoms with E-state index in [1.165, 1.54) is 12.3 Å². The Morgan fingerprint density at radius 1 is 1.00 bits per heavy atom. The summed E-state index contributed by atoms with van der Waals surface area (Å²) in [7, 11) is 0. The van der Waals surface area contributed by atoms with Gasteiger partial charge in [0, 0.05) is 12.4 Å². The normalized spacial score (nSPS) is 11.9. The lowest BCUT2D eigenvalue weighted by Gasteiger charge is -2.16. The number of rotatable bonds is 1. The Bertz CT molecular complexity index is 462. The molecule has 0 radical (unpaired) electrons. The van der Waals surface area contributed by atoms with E-state index in [1.807, 2.05) is 0 Å². The van der Waals surface area contributed by atoms with Crippen LogP contribution in [0.2, 0.25) is 0 Å². The molecule has 0 aliphatic heterocycles. The molecule has 0 fully saturated rings. The Morgan fingerprint density at radius 3 is 2.43 bits per heavy atom. The standard InChI is InChI=1S/C9H6BF3N/c11-10(12,13)9-6-14-5-7-3-1-2-4-8(7)9/h1-6H/q-1. The van der Waals surface area contributed by atoms with Crippen molar-refractivity contribution >= 4 is 23.2 Å². The number of hydrogen-bond donors (Lipinski definition) is 0.